The fourth-order valence-corrected chi connectivity index (χ4v) is 4.61. The van der Waals surface area contributed by atoms with Crippen LogP contribution < -0.4 is 0 Å². The number of sulfone groups is 1. The molecule has 5 heteroatoms. The molecule has 0 amide bonds. The first-order valence-electron chi connectivity index (χ1n) is 3.13. The molecule has 1 heterocycles. The van der Waals surface area contributed by atoms with E-state index in [-0.39, 0.29) is 5.75 Å². The van der Waals surface area contributed by atoms with E-state index in [0.29, 0.717) is 12.2 Å². The second kappa shape index (κ2) is 2.62. The van der Waals surface area contributed by atoms with Gasteiger partial charge in [-0.25, -0.2) is 8.42 Å². The molecule has 0 unspecified atom stereocenters. The third-order valence-corrected chi connectivity index (χ3v) is 6.47. The van der Waals surface area contributed by atoms with E-state index in [1.54, 1.807) is 0 Å². The summed E-state index contributed by atoms with van der Waals surface area (Å²) in [6.07, 6.45) is 0.555. The Bertz CT molecular complexity index is 242. The van der Waals surface area contributed by atoms with Crippen LogP contribution in [0, 0.1) is 0 Å². The van der Waals surface area contributed by atoms with Crippen molar-refractivity contribution in [2.75, 3.05) is 11.5 Å². The Hall–Kier alpha value is 0.1000. The highest BCUT2D eigenvalue weighted by Gasteiger charge is 2.30. The van der Waals surface area contributed by atoms with Crippen LogP contribution >= 0.6 is 0 Å². The lowest BCUT2D eigenvalue weighted by Crippen LogP contribution is -2.32. The summed E-state index contributed by atoms with van der Waals surface area (Å²) in [6, 6.07) is 0. The number of hydrogen-bond donors (Lipinski definition) is 0. The summed E-state index contributed by atoms with van der Waals surface area (Å²) in [5.41, 5.74) is 0. The molecule has 1 saturated heterocycles. The Morgan fingerprint density at radius 1 is 1.50 bits per heavy atom. The molecule has 0 aliphatic carbocycles. The van der Waals surface area contributed by atoms with Crippen molar-refractivity contribution >= 4 is 20.6 Å². The Morgan fingerprint density at radius 2 is 2.10 bits per heavy atom. The summed E-state index contributed by atoms with van der Waals surface area (Å²) in [6.45, 7) is 1.52. The van der Waals surface area contributed by atoms with Crippen LogP contribution in [0.4, 0.5) is 0 Å². The minimum atomic E-state index is -3.01. The van der Waals surface area contributed by atoms with Crippen molar-refractivity contribution in [1.82, 2.24) is 0 Å². The van der Waals surface area contributed by atoms with Gasteiger partial charge in [0.1, 0.15) is 4.58 Å². The zero-order valence-corrected chi connectivity index (χ0v) is 7.37. The first-order valence-corrected chi connectivity index (χ1v) is 6.22. The average Bonchev–Trinajstić information content (AvgIpc) is 1.83. The fourth-order valence-electron chi connectivity index (χ4n) is 0.898. The van der Waals surface area contributed by atoms with Crippen LogP contribution in [-0.2, 0) is 20.6 Å². The molecule has 0 aromatic rings. The van der Waals surface area contributed by atoms with Crippen LogP contribution in [0.15, 0.2) is 0 Å². The molecule has 1 rings (SSSR count). The minimum Gasteiger partial charge on any atom is -0.258 e. The van der Waals surface area contributed by atoms with Crippen LogP contribution in [0.3, 0.4) is 0 Å². The van der Waals surface area contributed by atoms with Crippen LogP contribution in [0.1, 0.15) is 13.3 Å². The maximum Gasteiger partial charge on any atom is 0.164 e. The van der Waals surface area contributed by atoms with Crippen LogP contribution in [-0.4, -0.2) is 28.7 Å². The zero-order chi connectivity index (χ0) is 7.78. The van der Waals surface area contributed by atoms with Gasteiger partial charge in [0.05, 0.1) is 5.75 Å². The van der Waals surface area contributed by atoms with E-state index in [1.807, 2.05) is 0 Å². The van der Waals surface area contributed by atoms with Gasteiger partial charge in [-0.2, -0.15) is 0 Å². The molecule has 1 fully saturated rings. The zero-order valence-electron chi connectivity index (χ0n) is 5.74. The maximum atomic E-state index is 11.0. The molecule has 10 heavy (non-hydrogen) atoms. The molecular formula is C5H10O3S2. The highest BCUT2D eigenvalue weighted by Crippen LogP contribution is 2.14. The van der Waals surface area contributed by atoms with Crippen molar-refractivity contribution in [3.63, 3.8) is 0 Å². The largest absolute Gasteiger partial charge is 0.258 e. The Morgan fingerprint density at radius 3 is 2.50 bits per heavy atom. The Balaban J connectivity index is 2.91. The molecule has 0 radical (unpaired) electrons. The normalized spacial score (nSPS) is 39.3. The lowest BCUT2D eigenvalue weighted by atomic mass is 10.6. The molecule has 0 aromatic heterocycles. The van der Waals surface area contributed by atoms with E-state index >= 15 is 0 Å². The van der Waals surface area contributed by atoms with E-state index in [2.05, 4.69) is 0 Å². The summed E-state index contributed by atoms with van der Waals surface area (Å²) in [5, 5.41) is 0. The molecule has 0 spiro atoms. The average molecular weight is 182 g/mol. The predicted molar refractivity (Wildman–Crippen MR) is 40.9 cm³/mol. The van der Waals surface area contributed by atoms with E-state index in [4.69, 9.17) is 0 Å². The van der Waals surface area contributed by atoms with Gasteiger partial charge in [-0.3, -0.25) is 4.21 Å². The van der Waals surface area contributed by atoms with Crippen molar-refractivity contribution in [2.45, 2.75) is 17.9 Å². The summed E-state index contributed by atoms with van der Waals surface area (Å²) in [7, 11) is -4.15. The lowest BCUT2D eigenvalue weighted by molar-refractivity contribution is 0.588. The van der Waals surface area contributed by atoms with Crippen molar-refractivity contribution in [3.8, 4) is 0 Å². The van der Waals surface area contributed by atoms with Gasteiger partial charge >= 0.3 is 0 Å². The SMILES string of the molecule is C[C@@H]1[S@@](=O)CCCS1(=O)=O. The highest BCUT2D eigenvalue weighted by atomic mass is 32.3. The molecular weight excluding hydrogens is 172 g/mol. The Labute approximate surface area is 63.2 Å². The summed E-state index contributed by atoms with van der Waals surface area (Å²) >= 11 is 0. The van der Waals surface area contributed by atoms with E-state index in [0.717, 1.165) is 0 Å². The summed E-state index contributed by atoms with van der Waals surface area (Å²) in [4.78, 5) is 0. The monoisotopic (exact) mass is 182 g/mol. The van der Waals surface area contributed by atoms with E-state index < -0.39 is 25.2 Å². The topological polar surface area (TPSA) is 51.2 Å². The van der Waals surface area contributed by atoms with Gasteiger partial charge in [0.25, 0.3) is 0 Å². The molecule has 0 saturated carbocycles. The lowest BCUT2D eigenvalue weighted by Gasteiger charge is -2.17. The Kier molecular flexibility index (Phi) is 2.15. The van der Waals surface area contributed by atoms with Crippen molar-refractivity contribution in [2.24, 2.45) is 0 Å². The molecule has 2 atom stereocenters. The highest BCUT2D eigenvalue weighted by molar-refractivity contribution is 8.06. The standard InChI is InChI=1S/C5H10O3S2/c1-5-9(6)3-2-4-10(5,7)8/h5H,2-4H2,1H3/t5-,9+/m1/s1. The van der Waals surface area contributed by atoms with Gasteiger partial charge in [0.2, 0.25) is 0 Å². The maximum absolute atomic E-state index is 11.0. The van der Waals surface area contributed by atoms with Crippen molar-refractivity contribution in [3.05, 3.63) is 0 Å². The first-order chi connectivity index (χ1) is 4.54. The number of rotatable bonds is 0. The van der Waals surface area contributed by atoms with Crippen LogP contribution in [0.2, 0.25) is 0 Å². The molecule has 60 valence electrons. The van der Waals surface area contributed by atoms with E-state index in [1.165, 1.54) is 6.92 Å². The molecule has 0 N–H and O–H groups in total. The van der Waals surface area contributed by atoms with Crippen molar-refractivity contribution < 1.29 is 12.6 Å². The van der Waals surface area contributed by atoms with Gasteiger partial charge < -0.3 is 0 Å². The summed E-state index contributed by atoms with van der Waals surface area (Å²) in [5.74, 6) is 0.750. The third-order valence-electron chi connectivity index (χ3n) is 1.65. The third kappa shape index (κ3) is 1.40. The molecule has 0 aromatic carbocycles. The molecule has 0 bridgehead atoms. The van der Waals surface area contributed by atoms with Gasteiger partial charge in [0, 0.05) is 16.6 Å². The quantitative estimate of drug-likeness (QED) is 0.525. The van der Waals surface area contributed by atoms with Gasteiger partial charge in [-0.15, -0.1) is 0 Å². The summed E-state index contributed by atoms with van der Waals surface area (Å²) < 4.78 is 32.3. The van der Waals surface area contributed by atoms with Gasteiger partial charge in [-0.05, 0) is 13.3 Å². The molecule has 1 aliphatic rings. The van der Waals surface area contributed by atoms with Crippen molar-refractivity contribution in [1.29, 1.82) is 0 Å². The minimum absolute atomic E-state index is 0.208. The number of hydrogen-bond acceptors (Lipinski definition) is 3. The molecule has 1 aliphatic heterocycles. The first kappa shape index (κ1) is 8.20. The second-order valence-corrected chi connectivity index (χ2v) is 6.99. The predicted octanol–water partition coefficient (Wildman–Crippen LogP) is -0.100. The van der Waals surface area contributed by atoms with Gasteiger partial charge in [0.15, 0.2) is 9.84 Å². The molecule has 3 nitrogen and oxygen atoms in total. The van der Waals surface area contributed by atoms with Crippen LogP contribution in [0.5, 0.6) is 0 Å². The van der Waals surface area contributed by atoms with E-state index in [9.17, 15) is 12.6 Å². The van der Waals surface area contributed by atoms with Gasteiger partial charge in [-0.1, -0.05) is 0 Å². The second-order valence-electron chi connectivity index (χ2n) is 2.37. The fraction of sp³-hybridized carbons (Fsp3) is 1.00. The smallest absolute Gasteiger partial charge is 0.164 e. The van der Waals surface area contributed by atoms with Crippen LogP contribution in [0.25, 0.3) is 0 Å².